The Hall–Kier alpha value is -0.540. The normalized spacial score (nSPS) is 12.5. The predicted octanol–water partition coefficient (Wildman–Crippen LogP) is 2.86. The van der Waals surface area contributed by atoms with Crippen LogP contribution in [-0.4, -0.2) is 11.1 Å². The predicted molar refractivity (Wildman–Crippen MR) is 50.8 cm³/mol. The van der Waals surface area contributed by atoms with Crippen molar-refractivity contribution < 1.29 is 9.90 Å². The zero-order chi connectivity index (χ0) is 9.14. The Bertz CT molecular complexity index is 284. The fourth-order valence-electron chi connectivity index (χ4n) is 0.774. The fourth-order valence-corrected chi connectivity index (χ4v) is 1.21. The largest absolute Gasteiger partial charge is 0.480 e. The van der Waals surface area contributed by atoms with E-state index in [-0.39, 0.29) is 0 Å². The van der Waals surface area contributed by atoms with Gasteiger partial charge in [0, 0.05) is 5.02 Å². The Morgan fingerprint density at radius 3 is 2.33 bits per heavy atom. The topological polar surface area (TPSA) is 37.3 Å². The molecule has 0 spiro atoms. The number of carboxylic acid groups (broad SMARTS) is 1. The van der Waals surface area contributed by atoms with Crippen molar-refractivity contribution in [2.24, 2.45) is 0 Å². The molecule has 1 aromatic rings. The number of carbonyl (C=O) groups is 1. The molecule has 0 saturated carbocycles. The zero-order valence-electron chi connectivity index (χ0n) is 6.00. The third-order valence-electron chi connectivity index (χ3n) is 1.38. The highest BCUT2D eigenvalue weighted by atomic mass is 79.9. The minimum atomic E-state index is -0.905. The lowest BCUT2D eigenvalue weighted by molar-refractivity contribution is -0.136. The molecule has 64 valence electrons. The molecule has 1 aromatic carbocycles. The number of carboxylic acids is 1. The quantitative estimate of drug-likeness (QED) is 0.818. The van der Waals surface area contributed by atoms with Crippen molar-refractivity contribution >= 4 is 33.5 Å². The molecule has 0 aromatic heterocycles. The molecular weight excluding hydrogens is 243 g/mol. The van der Waals surface area contributed by atoms with Crippen LogP contribution in [0.5, 0.6) is 0 Å². The standard InChI is InChI=1S/C8H6BrClO2/c9-7(8(11)12)5-1-3-6(10)4-2-5/h1-4,7H,(H,11,12)/t7-/m0/s1. The second-order valence-electron chi connectivity index (χ2n) is 2.25. The molecule has 0 radical (unpaired) electrons. The monoisotopic (exact) mass is 248 g/mol. The van der Waals surface area contributed by atoms with E-state index in [2.05, 4.69) is 15.9 Å². The molecule has 0 heterocycles. The van der Waals surface area contributed by atoms with Crippen molar-refractivity contribution in [2.75, 3.05) is 0 Å². The van der Waals surface area contributed by atoms with Gasteiger partial charge in [-0.15, -0.1) is 0 Å². The average molecular weight is 249 g/mol. The number of aliphatic carboxylic acids is 1. The molecule has 0 aliphatic rings. The molecule has 1 N–H and O–H groups in total. The van der Waals surface area contributed by atoms with E-state index >= 15 is 0 Å². The summed E-state index contributed by atoms with van der Waals surface area (Å²) in [6, 6.07) is 6.67. The summed E-state index contributed by atoms with van der Waals surface area (Å²) in [6.45, 7) is 0. The summed E-state index contributed by atoms with van der Waals surface area (Å²) in [6.07, 6.45) is 0. The van der Waals surface area contributed by atoms with Crippen LogP contribution in [0.1, 0.15) is 10.4 Å². The molecule has 0 fully saturated rings. The minimum absolute atomic E-state index is 0.601. The Labute approximate surface area is 83.3 Å². The second-order valence-corrected chi connectivity index (χ2v) is 3.60. The lowest BCUT2D eigenvalue weighted by Crippen LogP contribution is -2.03. The van der Waals surface area contributed by atoms with Crippen LogP contribution in [0, 0.1) is 0 Å². The molecule has 2 nitrogen and oxygen atoms in total. The van der Waals surface area contributed by atoms with Gasteiger partial charge in [-0.25, -0.2) is 0 Å². The van der Waals surface area contributed by atoms with Gasteiger partial charge in [-0.05, 0) is 17.7 Å². The van der Waals surface area contributed by atoms with Crippen LogP contribution in [0.3, 0.4) is 0 Å². The van der Waals surface area contributed by atoms with E-state index in [1.807, 2.05) is 0 Å². The van der Waals surface area contributed by atoms with Gasteiger partial charge in [-0.3, -0.25) is 4.79 Å². The van der Waals surface area contributed by atoms with E-state index in [0.29, 0.717) is 10.6 Å². The van der Waals surface area contributed by atoms with E-state index in [9.17, 15) is 4.79 Å². The Morgan fingerprint density at radius 1 is 1.42 bits per heavy atom. The van der Waals surface area contributed by atoms with Gasteiger partial charge in [0.25, 0.3) is 0 Å². The molecule has 4 heteroatoms. The summed E-state index contributed by atoms with van der Waals surface area (Å²) >= 11 is 8.67. The first-order chi connectivity index (χ1) is 5.61. The third-order valence-corrected chi connectivity index (χ3v) is 2.55. The van der Waals surface area contributed by atoms with Gasteiger partial charge in [-0.1, -0.05) is 39.7 Å². The van der Waals surface area contributed by atoms with Crippen molar-refractivity contribution in [3.8, 4) is 0 Å². The molecule has 12 heavy (non-hydrogen) atoms. The highest BCUT2D eigenvalue weighted by Gasteiger charge is 2.14. The van der Waals surface area contributed by atoms with Crippen LogP contribution in [-0.2, 0) is 4.79 Å². The van der Waals surface area contributed by atoms with Gasteiger partial charge in [-0.2, -0.15) is 0 Å². The van der Waals surface area contributed by atoms with Crippen molar-refractivity contribution in [1.29, 1.82) is 0 Å². The lowest BCUT2D eigenvalue weighted by Gasteiger charge is -2.03. The van der Waals surface area contributed by atoms with Crippen LogP contribution in [0.4, 0.5) is 0 Å². The number of halogens is 2. The highest BCUT2D eigenvalue weighted by molar-refractivity contribution is 9.09. The first kappa shape index (κ1) is 9.55. The van der Waals surface area contributed by atoms with E-state index in [1.165, 1.54) is 0 Å². The van der Waals surface area contributed by atoms with E-state index in [4.69, 9.17) is 16.7 Å². The summed E-state index contributed by atoms with van der Waals surface area (Å²) < 4.78 is 0. The number of alkyl halides is 1. The fraction of sp³-hybridized carbons (Fsp3) is 0.125. The van der Waals surface area contributed by atoms with Crippen LogP contribution >= 0.6 is 27.5 Å². The van der Waals surface area contributed by atoms with Gasteiger partial charge in [0.1, 0.15) is 4.83 Å². The molecule has 0 aliphatic heterocycles. The van der Waals surface area contributed by atoms with Crippen LogP contribution < -0.4 is 0 Å². The van der Waals surface area contributed by atoms with Crippen molar-refractivity contribution in [3.05, 3.63) is 34.9 Å². The SMILES string of the molecule is O=C(O)[C@@H](Br)c1ccc(Cl)cc1. The number of hydrogen-bond acceptors (Lipinski definition) is 1. The van der Waals surface area contributed by atoms with Gasteiger partial charge in [0.2, 0.25) is 0 Å². The third kappa shape index (κ3) is 2.22. The molecule has 0 bridgehead atoms. The highest BCUT2D eigenvalue weighted by Crippen LogP contribution is 2.23. The van der Waals surface area contributed by atoms with Crippen molar-refractivity contribution in [1.82, 2.24) is 0 Å². The average Bonchev–Trinajstić information content (AvgIpc) is 2.04. The summed E-state index contributed by atoms with van der Waals surface area (Å²) in [5.74, 6) is -0.905. The number of hydrogen-bond donors (Lipinski definition) is 1. The smallest absolute Gasteiger partial charge is 0.321 e. The summed E-state index contributed by atoms with van der Waals surface area (Å²) in [7, 11) is 0. The molecule has 0 amide bonds. The van der Waals surface area contributed by atoms with Gasteiger partial charge < -0.3 is 5.11 Å². The first-order valence-electron chi connectivity index (χ1n) is 3.23. The van der Waals surface area contributed by atoms with E-state index < -0.39 is 10.8 Å². The maximum absolute atomic E-state index is 10.5. The Balaban J connectivity index is 2.89. The second kappa shape index (κ2) is 3.92. The van der Waals surface area contributed by atoms with E-state index in [1.54, 1.807) is 24.3 Å². The van der Waals surface area contributed by atoms with Gasteiger partial charge >= 0.3 is 5.97 Å². The Morgan fingerprint density at radius 2 is 1.92 bits per heavy atom. The molecule has 1 rings (SSSR count). The molecular formula is C8H6BrClO2. The summed E-state index contributed by atoms with van der Waals surface area (Å²) in [4.78, 5) is 9.85. The van der Waals surface area contributed by atoms with Gasteiger partial charge in [0.15, 0.2) is 0 Å². The molecule has 0 aliphatic carbocycles. The lowest BCUT2D eigenvalue weighted by atomic mass is 10.1. The summed E-state index contributed by atoms with van der Waals surface area (Å²) in [5.41, 5.74) is 0.687. The first-order valence-corrected chi connectivity index (χ1v) is 4.53. The van der Waals surface area contributed by atoms with Crippen LogP contribution in [0.15, 0.2) is 24.3 Å². The molecule has 0 saturated heterocycles. The van der Waals surface area contributed by atoms with E-state index in [0.717, 1.165) is 0 Å². The minimum Gasteiger partial charge on any atom is -0.480 e. The van der Waals surface area contributed by atoms with Crippen LogP contribution in [0.2, 0.25) is 5.02 Å². The maximum atomic E-state index is 10.5. The summed E-state index contributed by atoms with van der Waals surface area (Å²) in [5, 5.41) is 9.23. The Kier molecular flexibility index (Phi) is 3.12. The van der Waals surface area contributed by atoms with Crippen molar-refractivity contribution in [2.45, 2.75) is 4.83 Å². The molecule has 0 unspecified atom stereocenters. The molecule has 1 atom stereocenters. The van der Waals surface area contributed by atoms with Crippen LogP contribution in [0.25, 0.3) is 0 Å². The zero-order valence-corrected chi connectivity index (χ0v) is 8.34. The maximum Gasteiger partial charge on any atom is 0.321 e. The number of benzene rings is 1. The van der Waals surface area contributed by atoms with Crippen molar-refractivity contribution in [3.63, 3.8) is 0 Å². The number of rotatable bonds is 2. The van der Waals surface area contributed by atoms with Gasteiger partial charge in [0.05, 0.1) is 0 Å².